The van der Waals surface area contributed by atoms with Gasteiger partial charge >= 0.3 is 0 Å². The van der Waals surface area contributed by atoms with E-state index in [-0.39, 0.29) is 16.2 Å². The first-order valence-corrected chi connectivity index (χ1v) is 16.4. The molecule has 0 N–H and O–H groups in total. The standard InChI is InChI=1S/C43H33Br/c1-41(2)35-13-7-9-15-37(35)43(38-16-10-8-14-36(38)41)33-12-6-5-11-29(33)32-23-26(18-22-34(32)43)27-17-20-30-31-21-19-28(44)25-40(31)42(3,4)39(30)24-27/h5-25H,1-4H3. The summed E-state index contributed by atoms with van der Waals surface area (Å²) in [6.07, 6.45) is 0. The molecule has 6 aromatic rings. The zero-order chi connectivity index (χ0) is 30.0. The molecule has 0 fully saturated rings. The topological polar surface area (TPSA) is 0 Å². The second-order valence-corrected chi connectivity index (χ2v) is 14.8. The molecule has 0 aromatic heterocycles. The number of fused-ring (bicyclic) bond motifs is 12. The van der Waals surface area contributed by atoms with Gasteiger partial charge in [-0.05, 0) is 102 Å². The Bertz CT molecular complexity index is 2140. The van der Waals surface area contributed by atoms with Crippen molar-refractivity contribution in [2.75, 3.05) is 0 Å². The Balaban J connectivity index is 1.29. The molecule has 6 aromatic carbocycles. The van der Waals surface area contributed by atoms with E-state index >= 15 is 0 Å². The maximum Gasteiger partial charge on any atom is 0.0719 e. The Labute approximate surface area is 268 Å². The average Bonchev–Trinajstić information content (AvgIpc) is 3.46. The highest BCUT2D eigenvalue weighted by molar-refractivity contribution is 9.10. The predicted molar refractivity (Wildman–Crippen MR) is 187 cm³/mol. The van der Waals surface area contributed by atoms with Crippen LogP contribution in [-0.4, -0.2) is 0 Å². The summed E-state index contributed by atoms with van der Waals surface area (Å²) < 4.78 is 1.14. The Morgan fingerprint density at radius 1 is 0.364 bits per heavy atom. The van der Waals surface area contributed by atoms with Crippen LogP contribution in [0.2, 0.25) is 0 Å². The second-order valence-electron chi connectivity index (χ2n) is 13.8. The lowest BCUT2D eigenvalue weighted by molar-refractivity contribution is 0.563. The van der Waals surface area contributed by atoms with Gasteiger partial charge in [-0.2, -0.15) is 0 Å². The van der Waals surface area contributed by atoms with Crippen LogP contribution in [0.3, 0.4) is 0 Å². The van der Waals surface area contributed by atoms with E-state index in [1.165, 1.54) is 77.9 Å². The average molecular weight is 630 g/mol. The summed E-state index contributed by atoms with van der Waals surface area (Å²) in [5, 5.41) is 0. The quantitative estimate of drug-likeness (QED) is 0.170. The van der Waals surface area contributed by atoms with Crippen LogP contribution in [0.15, 0.2) is 132 Å². The molecular weight excluding hydrogens is 596 g/mol. The van der Waals surface area contributed by atoms with Crippen molar-refractivity contribution in [2.45, 2.75) is 43.9 Å². The third-order valence-corrected chi connectivity index (χ3v) is 11.5. The number of rotatable bonds is 1. The van der Waals surface area contributed by atoms with Crippen LogP contribution in [0.4, 0.5) is 0 Å². The van der Waals surface area contributed by atoms with Crippen LogP contribution in [0.1, 0.15) is 72.2 Å². The van der Waals surface area contributed by atoms with Crippen molar-refractivity contribution in [2.24, 2.45) is 0 Å². The molecule has 0 atom stereocenters. The highest BCUT2D eigenvalue weighted by atomic mass is 79.9. The van der Waals surface area contributed by atoms with Gasteiger partial charge in [0, 0.05) is 15.3 Å². The Morgan fingerprint density at radius 2 is 0.818 bits per heavy atom. The van der Waals surface area contributed by atoms with Gasteiger partial charge in [0.05, 0.1) is 5.41 Å². The first-order chi connectivity index (χ1) is 21.2. The smallest absolute Gasteiger partial charge is 0.0619 e. The van der Waals surface area contributed by atoms with Gasteiger partial charge < -0.3 is 0 Å². The minimum absolute atomic E-state index is 0.0554. The third kappa shape index (κ3) is 3.13. The fraction of sp³-hybridized carbons (Fsp3) is 0.163. The molecule has 0 unspecified atom stereocenters. The van der Waals surface area contributed by atoms with Gasteiger partial charge in [-0.1, -0.05) is 147 Å². The summed E-state index contributed by atoms with van der Waals surface area (Å²) >= 11 is 3.71. The third-order valence-electron chi connectivity index (χ3n) is 11.0. The summed E-state index contributed by atoms with van der Waals surface area (Å²) in [4.78, 5) is 0. The maximum atomic E-state index is 3.71. The Kier molecular flexibility index (Phi) is 5.19. The number of halogens is 1. The number of hydrogen-bond donors (Lipinski definition) is 0. The van der Waals surface area contributed by atoms with Gasteiger partial charge in [0.15, 0.2) is 0 Å². The van der Waals surface area contributed by atoms with Crippen LogP contribution in [0, 0.1) is 0 Å². The molecule has 1 spiro atoms. The van der Waals surface area contributed by atoms with Gasteiger partial charge in [-0.3, -0.25) is 0 Å². The van der Waals surface area contributed by atoms with Crippen molar-refractivity contribution in [3.05, 3.63) is 176 Å². The highest BCUT2D eigenvalue weighted by Crippen LogP contribution is 2.62. The molecule has 0 heterocycles. The van der Waals surface area contributed by atoms with E-state index in [1.54, 1.807) is 0 Å². The highest BCUT2D eigenvalue weighted by Gasteiger charge is 2.53. The van der Waals surface area contributed by atoms with Crippen molar-refractivity contribution in [3.63, 3.8) is 0 Å². The molecule has 3 aliphatic carbocycles. The van der Waals surface area contributed by atoms with Gasteiger partial charge in [-0.15, -0.1) is 0 Å². The molecule has 212 valence electrons. The minimum atomic E-state index is -0.345. The van der Waals surface area contributed by atoms with Crippen LogP contribution in [-0.2, 0) is 16.2 Å². The van der Waals surface area contributed by atoms with Gasteiger partial charge in [-0.25, -0.2) is 0 Å². The second kappa shape index (κ2) is 8.71. The van der Waals surface area contributed by atoms with Crippen molar-refractivity contribution >= 4 is 15.9 Å². The number of benzene rings is 6. The van der Waals surface area contributed by atoms with Gasteiger partial charge in [0.2, 0.25) is 0 Å². The van der Waals surface area contributed by atoms with E-state index in [0.29, 0.717) is 0 Å². The maximum absolute atomic E-state index is 3.71. The van der Waals surface area contributed by atoms with Crippen LogP contribution in [0.25, 0.3) is 33.4 Å². The van der Waals surface area contributed by atoms with E-state index in [4.69, 9.17) is 0 Å². The zero-order valence-electron chi connectivity index (χ0n) is 25.5. The van der Waals surface area contributed by atoms with E-state index in [2.05, 4.69) is 171 Å². The molecule has 0 nitrogen and oxygen atoms in total. The molecule has 0 radical (unpaired) electrons. The fourth-order valence-electron chi connectivity index (χ4n) is 8.93. The lowest BCUT2D eigenvalue weighted by Gasteiger charge is -2.46. The van der Waals surface area contributed by atoms with Crippen molar-refractivity contribution in [1.29, 1.82) is 0 Å². The predicted octanol–water partition coefficient (Wildman–Crippen LogP) is 11.4. The normalized spacial score (nSPS) is 16.8. The van der Waals surface area contributed by atoms with E-state index in [9.17, 15) is 0 Å². The van der Waals surface area contributed by atoms with Crippen molar-refractivity contribution in [1.82, 2.24) is 0 Å². The Morgan fingerprint density at radius 3 is 1.50 bits per heavy atom. The van der Waals surface area contributed by atoms with Crippen molar-refractivity contribution < 1.29 is 0 Å². The summed E-state index contributed by atoms with van der Waals surface area (Å²) in [7, 11) is 0. The largest absolute Gasteiger partial charge is 0.0719 e. The molecule has 0 saturated carbocycles. The van der Waals surface area contributed by atoms with Gasteiger partial charge in [0.1, 0.15) is 0 Å². The van der Waals surface area contributed by atoms with Crippen molar-refractivity contribution in [3.8, 4) is 33.4 Å². The van der Waals surface area contributed by atoms with Gasteiger partial charge in [0.25, 0.3) is 0 Å². The number of hydrogen-bond acceptors (Lipinski definition) is 0. The van der Waals surface area contributed by atoms with Crippen LogP contribution >= 0.6 is 15.9 Å². The first-order valence-electron chi connectivity index (χ1n) is 15.6. The lowest BCUT2D eigenvalue weighted by Crippen LogP contribution is -2.40. The lowest BCUT2D eigenvalue weighted by atomic mass is 9.55. The zero-order valence-corrected chi connectivity index (χ0v) is 27.1. The summed E-state index contributed by atoms with van der Waals surface area (Å²) in [6, 6.07) is 48.5. The summed E-state index contributed by atoms with van der Waals surface area (Å²) in [5.74, 6) is 0. The molecule has 0 aliphatic heterocycles. The van der Waals surface area contributed by atoms with E-state index in [0.717, 1.165) is 4.47 Å². The van der Waals surface area contributed by atoms with E-state index < -0.39 is 0 Å². The monoisotopic (exact) mass is 628 g/mol. The molecule has 0 bridgehead atoms. The van der Waals surface area contributed by atoms with Crippen LogP contribution in [0.5, 0.6) is 0 Å². The SMILES string of the molecule is CC1(C)c2cc(Br)ccc2-c2ccc(-c3ccc4c(c3)-c3ccccc3C43c4ccccc4C(C)(C)c4ccccc43)cc21. The molecule has 1 heteroatoms. The van der Waals surface area contributed by atoms with E-state index in [1.807, 2.05) is 0 Å². The van der Waals surface area contributed by atoms with Crippen LogP contribution < -0.4 is 0 Å². The fourth-order valence-corrected chi connectivity index (χ4v) is 9.29. The molecule has 44 heavy (non-hydrogen) atoms. The molecule has 0 amide bonds. The molecule has 9 rings (SSSR count). The molecule has 0 saturated heterocycles. The summed E-state index contributed by atoms with van der Waals surface area (Å²) in [6.45, 7) is 9.48. The first kappa shape index (κ1) is 26.2. The summed E-state index contributed by atoms with van der Waals surface area (Å²) in [5.41, 5.74) is 18.7. The Hall–Kier alpha value is -4.20. The minimum Gasteiger partial charge on any atom is -0.0619 e. The molecular formula is C43H33Br. The molecule has 3 aliphatic rings.